The molecule has 1 heterocycles. The molecule has 8 heteroatoms. The van der Waals surface area contributed by atoms with Crippen LogP contribution in [0, 0.1) is 0 Å². The molecule has 3 rings (SSSR count). The second-order valence-electron chi connectivity index (χ2n) is 5.96. The Kier molecular flexibility index (Phi) is 6.05. The molecular formula is C19H20ClNO4S2. The van der Waals surface area contributed by atoms with Gasteiger partial charge in [-0.05, 0) is 23.8 Å². The van der Waals surface area contributed by atoms with Gasteiger partial charge in [0.15, 0.2) is 17.2 Å². The van der Waals surface area contributed by atoms with Crippen LogP contribution in [0.1, 0.15) is 11.1 Å². The smallest absolute Gasteiger partial charge is 0.203 e. The predicted molar refractivity (Wildman–Crippen MR) is 112 cm³/mol. The highest BCUT2D eigenvalue weighted by atomic mass is 35.5. The van der Waals surface area contributed by atoms with Crippen molar-refractivity contribution in [1.82, 2.24) is 4.90 Å². The van der Waals surface area contributed by atoms with Gasteiger partial charge in [0.05, 0.1) is 27.1 Å². The minimum absolute atomic E-state index is 0.384. The van der Waals surface area contributed by atoms with Crippen molar-refractivity contribution < 1.29 is 19.3 Å². The first-order chi connectivity index (χ1) is 12.9. The number of hydrogen-bond acceptors (Lipinski definition) is 6. The van der Waals surface area contributed by atoms with Gasteiger partial charge in [-0.2, -0.15) is 0 Å². The Hall–Kier alpha value is -1.67. The summed E-state index contributed by atoms with van der Waals surface area (Å²) in [5.41, 5.74) is 0.166. The van der Waals surface area contributed by atoms with E-state index < -0.39 is 5.72 Å². The van der Waals surface area contributed by atoms with Crippen molar-refractivity contribution in [3.63, 3.8) is 0 Å². The number of nitrogens with zero attached hydrogens (tertiary/aromatic N) is 1. The van der Waals surface area contributed by atoms with E-state index in [0.29, 0.717) is 44.5 Å². The Morgan fingerprint density at radius 1 is 1.15 bits per heavy atom. The summed E-state index contributed by atoms with van der Waals surface area (Å²) in [5, 5.41) is 12.2. The molecule has 2 aromatic carbocycles. The molecule has 0 amide bonds. The first-order valence-electron chi connectivity index (χ1n) is 8.15. The number of thiocarbonyl (C=S) groups is 1. The molecular weight excluding hydrogens is 406 g/mol. The SMILES string of the molecule is COc1cc(C2(O)CSC(=S)N2Cc2ccccc2Cl)cc(OC)c1OC. The van der Waals surface area contributed by atoms with Crippen LogP contribution in [0.15, 0.2) is 36.4 Å². The van der Waals surface area contributed by atoms with Crippen LogP contribution < -0.4 is 14.2 Å². The number of aliphatic hydroxyl groups is 1. The van der Waals surface area contributed by atoms with Gasteiger partial charge in [0.2, 0.25) is 5.75 Å². The van der Waals surface area contributed by atoms with E-state index in [9.17, 15) is 5.11 Å². The van der Waals surface area contributed by atoms with E-state index in [1.54, 1.807) is 38.4 Å². The number of methoxy groups -OCH3 is 3. The van der Waals surface area contributed by atoms with Crippen LogP contribution in [0.5, 0.6) is 17.2 Å². The van der Waals surface area contributed by atoms with Crippen LogP contribution in [0.25, 0.3) is 0 Å². The molecule has 0 saturated carbocycles. The van der Waals surface area contributed by atoms with Crippen LogP contribution >= 0.6 is 35.6 Å². The Bertz CT molecular complexity index is 838. The lowest BCUT2D eigenvalue weighted by Gasteiger charge is -2.35. The normalized spacial score (nSPS) is 19.3. The zero-order valence-corrected chi connectivity index (χ0v) is 17.6. The van der Waals surface area contributed by atoms with Gasteiger partial charge in [-0.25, -0.2) is 0 Å². The Morgan fingerprint density at radius 3 is 2.33 bits per heavy atom. The number of benzene rings is 2. The quantitative estimate of drug-likeness (QED) is 0.701. The van der Waals surface area contributed by atoms with E-state index in [0.717, 1.165) is 5.56 Å². The Balaban J connectivity index is 2.05. The highest BCUT2D eigenvalue weighted by Gasteiger charge is 2.45. The molecule has 5 nitrogen and oxygen atoms in total. The first kappa shape index (κ1) is 20.1. The van der Waals surface area contributed by atoms with Crippen LogP contribution in [0.2, 0.25) is 5.02 Å². The summed E-state index contributed by atoms with van der Waals surface area (Å²) in [6, 6.07) is 11.0. The molecule has 1 aliphatic rings. The van der Waals surface area contributed by atoms with Crippen molar-refractivity contribution >= 4 is 39.9 Å². The molecule has 1 saturated heterocycles. The standard InChI is InChI=1S/C19H20ClNO4S2/c1-23-15-8-13(9-16(24-2)17(15)25-3)19(22)11-27-18(26)21(19)10-12-6-4-5-7-14(12)20/h4-9,22H,10-11H2,1-3H3. The van der Waals surface area contributed by atoms with Crippen molar-refractivity contribution in [2.45, 2.75) is 12.3 Å². The fourth-order valence-electron chi connectivity index (χ4n) is 3.01. The second-order valence-corrected chi connectivity index (χ2v) is 7.98. The maximum Gasteiger partial charge on any atom is 0.203 e. The molecule has 0 aliphatic carbocycles. The van der Waals surface area contributed by atoms with Gasteiger partial charge in [-0.1, -0.05) is 53.8 Å². The number of rotatable bonds is 6. The van der Waals surface area contributed by atoms with Gasteiger partial charge in [0.1, 0.15) is 4.32 Å². The van der Waals surface area contributed by atoms with E-state index in [2.05, 4.69) is 0 Å². The summed E-state index contributed by atoms with van der Waals surface area (Å²) in [6.07, 6.45) is 0. The summed E-state index contributed by atoms with van der Waals surface area (Å²) in [6.45, 7) is 0.388. The van der Waals surface area contributed by atoms with Crippen molar-refractivity contribution in [3.8, 4) is 17.2 Å². The zero-order valence-electron chi connectivity index (χ0n) is 15.2. The van der Waals surface area contributed by atoms with Gasteiger partial charge in [0.25, 0.3) is 0 Å². The van der Waals surface area contributed by atoms with E-state index in [1.807, 2.05) is 24.3 Å². The molecule has 144 valence electrons. The molecule has 27 heavy (non-hydrogen) atoms. The predicted octanol–water partition coefficient (Wildman–Crippen LogP) is 4.04. The number of halogens is 1. The number of thioether (sulfide) groups is 1. The van der Waals surface area contributed by atoms with Crippen molar-refractivity contribution in [2.24, 2.45) is 0 Å². The molecule has 1 aliphatic heterocycles. The van der Waals surface area contributed by atoms with Gasteiger partial charge >= 0.3 is 0 Å². The highest BCUT2D eigenvalue weighted by Crippen LogP contribution is 2.46. The van der Waals surface area contributed by atoms with Crippen molar-refractivity contribution in [2.75, 3.05) is 27.1 Å². The maximum atomic E-state index is 11.6. The molecule has 1 unspecified atom stereocenters. The summed E-state index contributed by atoms with van der Waals surface area (Å²) >= 11 is 13.2. The van der Waals surface area contributed by atoms with Gasteiger partial charge in [0, 0.05) is 17.1 Å². The maximum absolute atomic E-state index is 11.6. The monoisotopic (exact) mass is 425 g/mol. The first-order valence-corrected chi connectivity index (χ1v) is 9.92. The summed E-state index contributed by atoms with van der Waals surface area (Å²) in [7, 11) is 4.63. The second kappa shape index (κ2) is 8.14. The number of ether oxygens (including phenoxy) is 3. The largest absolute Gasteiger partial charge is 0.493 e. The van der Waals surface area contributed by atoms with E-state index in [4.69, 9.17) is 38.0 Å². The van der Waals surface area contributed by atoms with Gasteiger partial charge < -0.3 is 24.2 Å². The third kappa shape index (κ3) is 3.69. The number of hydrogen-bond donors (Lipinski definition) is 1. The topological polar surface area (TPSA) is 51.2 Å². The van der Waals surface area contributed by atoms with Crippen LogP contribution in [-0.4, -0.2) is 41.4 Å². The molecule has 0 spiro atoms. The van der Waals surface area contributed by atoms with Gasteiger partial charge in [-0.15, -0.1) is 0 Å². The van der Waals surface area contributed by atoms with Crippen LogP contribution in [-0.2, 0) is 12.3 Å². The molecule has 0 bridgehead atoms. The van der Waals surface area contributed by atoms with Crippen LogP contribution in [0.4, 0.5) is 0 Å². The van der Waals surface area contributed by atoms with Gasteiger partial charge in [-0.3, -0.25) is 0 Å². The molecule has 2 aromatic rings. The fourth-order valence-corrected chi connectivity index (χ4v) is 4.62. The molecule has 0 aromatic heterocycles. The molecule has 0 radical (unpaired) electrons. The third-order valence-electron chi connectivity index (χ3n) is 4.48. The lowest BCUT2D eigenvalue weighted by atomic mass is 10.0. The summed E-state index contributed by atoms with van der Waals surface area (Å²) in [5.74, 6) is 1.80. The van der Waals surface area contributed by atoms with E-state index in [1.165, 1.54) is 11.8 Å². The molecule has 1 fully saturated rings. The van der Waals surface area contributed by atoms with Crippen molar-refractivity contribution in [1.29, 1.82) is 0 Å². The lowest BCUT2D eigenvalue weighted by Crippen LogP contribution is -2.44. The summed E-state index contributed by atoms with van der Waals surface area (Å²) in [4.78, 5) is 1.77. The highest BCUT2D eigenvalue weighted by molar-refractivity contribution is 8.23. The third-order valence-corrected chi connectivity index (χ3v) is 6.43. The minimum atomic E-state index is -1.33. The Labute approximate surface area is 173 Å². The average molecular weight is 426 g/mol. The molecule has 1 atom stereocenters. The summed E-state index contributed by atoms with van der Waals surface area (Å²) < 4.78 is 16.8. The fraction of sp³-hybridized carbons (Fsp3) is 0.316. The molecule has 1 N–H and O–H groups in total. The van der Waals surface area contributed by atoms with E-state index in [-0.39, 0.29) is 0 Å². The van der Waals surface area contributed by atoms with Crippen LogP contribution in [0.3, 0.4) is 0 Å². The van der Waals surface area contributed by atoms with E-state index >= 15 is 0 Å². The average Bonchev–Trinajstić information content (AvgIpc) is 2.97. The van der Waals surface area contributed by atoms with Crippen molar-refractivity contribution in [3.05, 3.63) is 52.5 Å². The minimum Gasteiger partial charge on any atom is -0.493 e. The lowest BCUT2D eigenvalue weighted by molar-refractivity contribution is -0.0511. The Morgan fingerprint density at radius 2 is 1.78 bits per heavy atom. The zero-order chi connectivity index (χ0) is 19.6.